The maximum absolute atomic E-state index is 5.00. The number of aryl methyl sites for hydroxylation is 2. The molecule has 1 aromatic carbocycles. The van der Waals surface area contributed by atoms with Crippen molar-refractivity contribution in [3.63, 3.8) is 0 Å². The van der Waals surface area contributed by atoms with E-state index in [9.17, 15) is 0 Å². The van der Waals surface area contributed by atoms with Gasteiger partial charge in [-0.1, -0.05) is 12.1 Å². The van der Waals surface area contributed by atoms with Crippen LogP contribution in [0.15, 0.2) is 35.3 Å². The van der Waals surface area contributed by atoms with Crippen LogP contribution < -0.4 is 0 Å². The quantitative estimate of drug-likeness (QED) is 0.704. The Morgan fingerprint density at radius 1 is 1.07 bits per heavy atom. The van der Waals surface area contributed by atoms with Gasteiger partial charge in [0.15, 0.2) is 6.39 Å². The minimum absolute atomic E-state index is 0.934. The largest absolute Gasteiger partial charge is 0.451 e. The Labute approximate surface area is 89.0 Å². The fraction of sp³-hybridized carbons (Fsp3) is 0.308. The van der Waals surface area contributed by atoms with E-state index >= 15 is 0 Å². The second kappa shape index (κ2) is 3.54. The van der Waals surface area contributed by atoms with E-state index in [-0.39, 0.29) is 0 Å². The molecule has 1 aliphatic carbocycles. The van der Waals surface area contributed by atoms with E-state index in [1.54, 1.807) is 6.26 Å². The highest BCUT2D eigenvalue weighted by molar-refractivity contribution is 5.60. The van der Waals surface area contributed by atoms with Crippen molar-refractivity contribution in [1.29, 1.82) is 0 Å². The van der Waals surface area contributed by atoms with Crippen LogP contribution in [0.2, 0.25) is 0 Å². The lowest BCUT2D eigenvalue weighted by atomic mass is 9.90. The van der Waals surface area contributed by atoms with Crippen LogP contribution in [0.5, 0.6) is 0 Å². The summed E-state index contributed by atoms with van der Waals surface area (Å²) in [6, 6.07) is 6.63. The Kier molecular flexibility index (Phi) is 2.05. The van der Waals surface area contributed by atoms with E-state index in [1.165, 1.54) is 48.8 Å². The molecule has 0 saturated heterocycles. The lowest BCUT2D eigenvalue weighted by Crippen LogP contribution is -2.02. The zero-order valence-corrected chi connectivity index (χ0v) is 8.57. The lowest BCUT2D eigenvalue weighted by molar-refractivity contribution is 0.558. The second-order valence-corrected chi connectivity index (χ2v) is 4.06. The molecule has 2 aromatic rings. The zero-order valence-electron chi connectivity index (χ0n) is 8.57. The molecule has 0 unspecified atom stereocenters. The molecule has 0 atom stereocenters. The molecule has 0 radical (unpaired) electrons. The van der Waals surface area contributed by atoms with Crippen molar-refractivity contribution >= 4 is 0 Å². The van der Waals surface area contributed by atoms with Gasteiger partial charge in [0.05, 0.1) is 0 Å². The van der Waals surface area contributed by atoms with Crippen LogP contribution in [0.4, 0.5) is 0 Å². The number of aromatic nitrogens is 1. The van der Waals surface area contributed by atoms with Gasteiger partial charge in [0.1, 0.15) is 12.0 Å². The van der Waals surface area contributed by atoms with Crippen molar-refractivity contribution in [2.24, 2.45) is 0 Å². The summed E-state index contributed by atoms with van der Waals surface area (Å²) in [7, 11) is 0. The third-order valence-corrected chi connectivity index (χ3v) is 3.08. The molecule has 0 bridgehead atoms. The van der Waals surface area contributed by atoms with Gasteiger partial charge in [-0.25, -0.2) is 4.98 Å². The molecule has 2 nitrogen and oxygen atoms in total. The number of benzene rings is 1. The molecule has 0 saturated carbocycles. The molecular formula is C13H13NO. The molecule has 0 spiro atoms. The summed E-state index contributed by atoms with van der Waals surface area (Å²) < 4.78 is 5.00. The van der Waals surface area contributed by atoms with Gasteiger partial charge in [-0.15, -0.1) is 0 Å². The van der Waals surface area contributed by atoms with E-state index in [2.05, 4.69) is 23.2 Å². The Balaban J connectivity index is 2.04. The van der Waals surface area contributed by atoms with Crippen molar-refractivity contribution in [1.82, 2.24) is 4.98 Å². The Hall–Kier alpha value is -1.57. The minimum atomic E-state index is 0.934. The molecule has 15 heavy (non-hydrogen) atoms. The lowest BCUT2D eigenvalue weighted by Gasteiger charge is -2.15. The van der Waals surface area contributed by atoms with Gasteiger partial charge in [-0.3, -0.25) is 0 Å². The molecule has 0 aliphatic heterocycles. The molecule has 0 fully saturated rings. The molecule has 0 amide bonds. The van der Waals surface area contributed by atoms with Crippen molar-refractivity contribution in [2.75, 3.05) is 0 Å². The first kappa shape index (κ1) is 8.72. The Bertz CT molecular complexity index is 459. The number of hydrogen-bond donors (Lipinski definition) is 0. The average Bonchev–Trinajstić information content (AvgIpc) is 2.82. The first-order chi connectivity index (χ1) is 7.43. The van der Waals surface area contributed by atoms with Crippen LogP contribution >= 0.6 is 0 Å². The van der Waals surface area contributed by atoms with Gasteiger partial charge in [0, 0.05) is 5.56 Å². The fourth-order valence-corrected chi connectivity index (χ4v) is 2.25. The van der Waals surface area contributed by atoms with Crippen molar-refractivity contribution in [3.05, 3.63) is 42.0 Å². The predicted octanol–water partition coefficient (Wildman–Crippen LogP) is 3.22. The van der Waals surface area contributed by atoms with Gasteiger partial charge in [-0.05, 0) is 42.9 Å². The van der Waals surface area contributed by atoms with Gasteiger partial charge in [-0.2, -0.15) is 0 Å². The predicted molar refractivity (Wildman–Crippen MR) is 58.6 cm³/mol. The standard InChI is InChI=1S/C13H13NO/c1-2-4-11-7-12(6-5-10(11)3-1)13-8-15-9-14-13/h5-9H,1-4H2. The number of oxazole rings is 1. The van der Waals surface area contributed by atoms with Crippen LogP contribution in [0.25, 0.3) is 11.3 Å². The van der Waals surface area contributed by atoms with E-state index in [4.69, 9.17) is 4.42 Å². The monoisotopic (exact) mass is 199 g/mol. The fourth-order valence-electron chi connectivity index (χ4n) is 2.25. The molecule has 1 aromatic heterocycles. The van der Waals surface area contributed by atoms with Crippen molar-refractivity contribution in [2.45, 2.75) is 25.7 Å². The smallest absolute Gasteiger partial charge is 0.181 e. The summed E-state index contributed by atoms with van der Waals surface area (Å²) in [5.41, 5.74) is 5.10. The second-order valence-electron chi connectivity index (χ2n) is 4.06. The number of nitrogens with zero attached hydrogens (tertiary/aromatic N) is 1. The minimum Gasteiger partial charge on any atom is -0.451 e. The summed E-state index contributed by atoms with van der Waals surface area (Å²) in [5.74, 6) is 0. The molecule has 1 aliphatic rings. The summed E-state index contributed by atoms with van der Waals surface area (Å²) in [4.78, 5) is 4.17. The summed E-state index contributed by atoms with van der Waals surface area (Å²) in [6.45, 7) is 0. The topological polar surface area (TPSA) is 26.0 Å². The first-order valence-electron chi connectivity index (χ1n) is 5.44. The normalized spacial score (nSPS) is 14.9. The highest BCUT2D eigenvalue weighted by atomic mass is 16.3. The van der Waals surface area contributed by atoms with E-state index in [0.29, 0.717) is 0 Å². The number of fused-ring (bicyclic) bond motifs is 1. The van der Waals surface area contributed by atoms with Crippen LogP contribution in [0, 0.1) is 0 Å². The van der Waals surface area contributed by atoms with E-state index < -0.39 is 0 Å². The van der Waals surface area contributed by atoms with Gasteiger partial charge in [0.25, 0.3) is 0 Å². The first-order valence-corrected chi connectivity index (χ1v) is 5.44. The van der Waals surface area contributed by atoms with Crippen LogP contribution in [-0.2, 0) is 12.8 Å². The highest BCUT2D eigenvalue weighted by Crippen LogP contribution is 2.26. The molecular weight excluding hydrogens is 186 g/mol. The van der Waals surface area contributed by atoms with Gasteiger partial charge >= 0.3 is 0 Å². The van der Waals surface area contributed by atoms with Crippen LogP contribution in [0.1, 0.15) is 24.0 Å². The molecule has 1 heterocycles. The number of rotatable bonds is 1. The Morgan fingerprint density at radius 3 is 2.73 bits per heavy atom. The summed E-state index contributed by atoms with van der Waals surface area (Å²) in [5, 5.41) is 0. The molecule has 3 rings (SSSR count). The zero-order chi connectivity index (χ0) is 10.1. The van der Waals surface area contributed by atoms with Crippen molar-refractivity contribution in [3.8, 4) is 11.3 Å². The van der Waals surface area contributed by atoms with Crippen LogP contribution in [-0.4, -0.2) is 4.98 Å². The molecule has 0 N–H and O–H groups in total. The van der Waals surface area contributed by atoms with Gasteiger partial charge in [0.2, 0.25) is 0 Å². The highest BCUT2D eigenvalue weighted by Gasteiger charge is 2.10. The average molecular weight is 199 g/mol. The third-order valence-electron chi connectivity index (χ3n) is 3.08. The summed E-state index contributed by atoms with van der Waals surface area (Å²) >= 11 is 0. The van der Waals surface area contributed by atoms with E-state index in [1.807, 2.05) is 0 Å². The molecule has 2 heteroatoms. The SMILES string of the molecule is c1nc(-c2ccc3c(c2)CCCC3)co1. The van der Waals surface area contributed by atoms with Crippen LogP contribution in [0.3, 0.4) is 0 Å². The van der Waals surface area contributed by atoms with E-state index in [0.717, 1.165) is 5.69 Å². The van der Waals surface area contributed by atoms with Crippen molar-refractivity contribution < 1.29 is 4.42 Å². The molecule has 76 valence electrons. The van der Waals surface area contributed by atoms with Gasteiger partial charge < -0.3 is 4.42 Å². The maximum atomic E-state index is 5.00. The number of hydrogen-bond acceptors (Lipinski definition) is 2. The Morgan fingerprint density at radius 2 is 1.93 bits per heavy atom. The third kappa shape index (κ3) is 1.56. The summed E-state index contributed by atoms with van der Waals surface area (Å²) in [6.07, 6.45) is 8.26. The maximum Gasteiger partial charge on any atom is 0.181 e.